The maximum Gasteiger partial charge on any atom is 0.123 e. The number of rotatable bonds is 3. The molecule has 1 aliphatic carbocycles. The van der Waals surface area contributed by atoms with Crippen LogP contribution in [0, 0.1) is 23.1 Å². The highest BCUT2D eigenvalue weighted by atomic mass is 79.9. The summed E-state index contributed by atoms with van der Waals surface area (Å²) in [6, 6.07) is 6.94. The average Bonchev–Trinajstić information content (AvgIpc) is 2.40. The molecule has 0 amide bonds. The maximum absolute atomic E-state index is 12.9. The van der Waals surface area contributed by atoms with E-state index in [4.69, 9.17) is 0 Å². The van der Waals surface area contributed by atoms with E-state index in [1.165, 1.54) is 31.2 Å². The highest BCUT2D eigenvalue weighted by Crippen LogP contribution is 2.42. The molecule has 1 unspecified atom stereocenters. The van der Waals surface area contributed by atoms with Crippen molar-refractivity contribution in [2.45, 2.75) is 57.7 Å². The summed E-state index contributed by atoms with van der Waals surface area (Å²) in [5.41, 5.74) is 1.68. The molecule has 2 heteroatoms. The fourth-order valence-electron chi connectivity index (χ4n) is 3.36. The molecule has 0 aromatic heterocycles. The van der Waals surface area contributed by atoms with E-state index in [9.17, 15) is 4.39 Å². The molecule has 1 aromatic carbocycles. The normalized spacial score (nSPS) is 25.4. The molecule has 20 heavy (non-hydrogen) atoms. The molecule has 1 fully saturated rings. The first-order chi connectivity index (χ1) is 9.36. The Hall–Kier alpha value is -0.370. The van der Waals surface area contributed by atoms with Crippen LogP contribution >= 0.6 is 15.9 Å². The second-order valence-electron chi connectivity index (χ2n) is 7.32. The van der Waals surface area contributed by atoms with Crippen molar-refractivity contribution in [1.29, 1.82) is 0 Å². The van der Waals surface area contributed by atoms with Gasteiger partial charge in [0, 0.05) is 4.83 Å². The summed E-state index contributed by atoms with van der Waals surface area (Å²) in [5, 5.41) is 0. The molecule has 1 saturated carbocycles. The van der Waals surface area contributed by atoms with Gasteiger partial charge in [-0.25, -0.2) is 4.39 Å². The van der Waals surface area contributed by atoms with Gasteiger partial charge in [-0.05, 0) is 67.1 Å². The van der Waals surface area contributed by atoms with Crippen LogP contribution in [0.15, 0.2) is 24.3 Å². The van der Waals surface area contributed by atoms with Crippen molar-refractivity contribution in [3.05, 3.63) is 35.6 Å². The van der Waals surface area contributed by atoms with E-state index in [1.54, 1.807) is 12.1 Å². The van der Waals surface area contributed by atoms with Crippen LogP contribution in [0.4, 0.5) is 4.39 Å². The topological polar surface area (TPSA) is 0 Å². The zero-order valence-corrected chi connectivity index (χ0v) is 14.4. The SMILES string of the molecule is CC(C)(C)C1CCC(C(Br)Cc2ccc(F)cc2)CC1. The third-order valence-corrected chi connectivity index (χ3v) is 5.92. The van der Waals surface area contributed by atoms with E-state index in [-0.39, 0.29) is 5.82 Å². The Balaban J connectivity index is 1.85. The zero-order chi connectivity index (χ0) is 14.8. The van der Waals surface area contributed by atoms with Crippen molar-refractivity contribution in [1.82, 2.24) is 0 Å². The summed E-state index contributed by atoms with van der Waals surface area (Å²) in [6.45, 7) is 7.09. The number of benzene rings is 1. The van der Waals surface area contributed by atoms with Crippen molar-refractivity contribution in [2.75, 3.05) is 0 Å². The Kier molecular flexibility index (Phi) is 5.28. The summed E-state index contributed by atoms with van der Waals surface area (Å²) < 4.78 is 12.9. The lowest BCUT2D eigenvalue weighted by Crippen LogP contribution is -2.29. The first-order valence-electron chi connectivity index (χ1n) is 7.75. The summed E-state index contributed by atoms with van der Waals surface area (Å²) in [5.74, 6) is 1.48. The van der Waals surface area contributed by atoms with Crippen LogP contribution in [-0.4, -0.2) is 4.83 Å². The van der Waals surface area contributed by atoms with E-state index >= 15 is 0 Å². The summed E-state index contributed by atoms with van der Waals surface area (Å²) in [4.78, 5) is 0.522. The van der Waals surface area contributed by atoms with E-state index in [2.05, 4.69) is 36.7 Å². The van der Waals surface area contributed by atoms with Gasteiger partial charge in [-0.15, -0.1) is 0 Å². The first-order valence-corrected chi connectivity index (χ1v) is 8.66. The first kappa shape index (κ1) is 16.0. The van der Waals surface area contributed by atoms with Gasteiger partial charge in [0.05, 0.1) is 0 Å². The molecule has 0 heterocycles. The van der Waals surface area contributed by atoms with Gasteiger partial charge in [0.2, 0.25) is 0 Å². The molecular formula is C18H26BrF. The number of halogens is 2. The van der Waals surface area contributed by atoms with Gasteiger partial charge in [0.15, 0.2) is 0 Å². The van der Waals surface area contributed by atoms with Gasteiger partial charge in [-0.3, -0.25) is 0 Å². The van der Waals surface area contributed by atoms with Crippen molar-refractivity contribution in [3.8, 4) is 0 Å². The smallest absolute Gasteiger partial charge is 0.123 e. The molecular weight excluding hydrogens is 315 g/mol. The molecule has 0 saturated heterocycles. The van der Waals surface area contributed by atoms with Gasteiger partial charge in [0.25, 0.3) is 0 Å². The molecule has 0 spiro atoms. The molecule has 1 aliphatic rings. The highest BCUT2D eigenvalue weighted by Gasteiger charge is 2.32. The van der Waals surface area contributed by atoms with Gasteiger partial charge < -0.3 is 0 Å². The molecule has 1 aromatic rings. The largest absolute Gasteiger partial charge is 0.207 e. The van der Waals surface area contributed by atoms with E-state index in [0.717, 1.165) is 18.3 Å². The quantitative estimate of drug-likeness (QED) is 0.593. The Morgan fingerprint density at radius 2 is 1.65 bits per heavy atom. The van der Waals surface area contributed by atoms with Gasteiger partial charge >= 0.3 is 0 Å². The fraction of sp³-hybridized carbons (Fsp3) is 0.667. The molecule has 1 atom stereocenters. The van der Waals surface area contributed by atoms with Crippen LogP contribution in [0.5, 0.6) is 0 Å². The van der Waals surface area contributed by atoms with Crippen LogP contribution in [-0.2, 0) is 6.42 Å². The van der Waals surface area contributed by atoms with Crippen molar-refractivity contribution < 1.29 is 4.39 Å². The van der Waals surface area contributed by atoms with E-state index in [1.807, 2.05) is 12.1 Å². The Morgan fingerprint density at radius 1 is 1.10 bits per heavy atom. The van der Waals surface area contributed by atoms with Crippen LogP contribution in [0.1, 0.15) is 52.0 Å². The second kappa shape index (κ2) is 6.60. The molecule has 0 bridgehead atoms. The van der Waals surface area contributed by atoms with Gasteiger partial charge in [0.1, 0.15) is 5.82 Å². The highest BCUT2D eigenvalue weighted by molar-refractivity contribution is 9.09. The number of hydrogen-bond acceptors (Lipinski definition) is 0. The van der Waals surface area contributed by atoms with E-state index < -0.39 is 0 Å². The molecule has 112 valence electrons. The fourth-order valence-corrected chi connectivity index (χ4v) is 4.26. The molecule has 2 rings (SSSR count). The van der Waals surface area contributed by atoms with E-state index in [0.29, 0.717) is 10.2 Å². The molecule has 0 nitrogen and oxygen atoms in total. The van der Waals surface area contributed by atoms with Crippen LogP contribution < -0.4 is 0 Å². The number of alkyl halides is 1. The minimum atomic E-state index is -0.148. The Morgan fingerprint density at radius 3 is 2.15 bits per heavy atom. The van der Waals surface area contributed by atoms with Crippen LogP contribution in [0.2, 0.25) is 0 Å². The molecule has 0 aliphatic heterocycles. The van der Waals surface area contributed by atoms with Crippen molar-refractivity contribution >= 4 is 15.9 Å². The summed E-state index contributed by atoms with van der Waals surface area (Å²) in [7, 11) is 0. The van der Waals surface area contributed by atoms with Crippen molar-refractivity contribution in [2.24, 2.45) is 17.3 Å². The minimum absolute atomic E-state index is 0.148. The third-order valence-electron chi connectivity index (χ3n) is 4.85. The number of hydrogen-bond donors (Lipinski definition) is 0. The standard InChI is InChI=1S/C18H26BrF/c1-18(2,3)15-8-6-14(7-9-15)17(19)12-13-4-10-16(20)11-5-13/h4-5,10-11,14-15,17H,6-9,12H2,1-3H3. The second-order valence-corrected chi connectivity index (χ2v) is 8.50. The lowest BCUT2D eigenvalue weighted by Gasteiger charge is -2.38. The van der Waals surface area contributed by atoms with Crippen LogP contribution in [0.3, 0.4) is 0 Å². The van der Waals surface area contributed by atoms with Gasteiger partial charge in [-0.1, -0.05) is 48.8 Å². The van der Waals surface area contributed by atoms with Crippen LogP contribution in [0.25, 0.3) is 0 Å². The lowest BCUT2D eigenvalue weighted by atomic mass is 9.69. The average molecular weight is 341 g/mol. The van der Waals surface area contributed by atoms with Crippen molar-refractivity contribution in [3.63, 3.8) is 0 Å². The molecule has 0 N–H and O–H groups in total. The third kappa shape index (κ3) is 4.31. The predicted molar refractivity (Wildman–Crippen MR) is 87.7 cm³/mol. The predicted octanol–water partition coefficient (Wildman–Crippen LogP) is 5.98. The maximum atomic E-state index is 12.9. The summed E-state index contributed by atoms with van der Waals surface area (Å²) >= 11 is 3.87. The zero-order valence-electron chi connectivity index (χ0n) is 12.8. The Labute approximate surface area is 131 Å². The lowest BCUT2D eigenvalue weighted by molar-refractivity contribution is 0.149. The monoisotopic (exact) mass is 340 g/mol. The van der Waals surface area contributed by atoms with Gasteiger partial charge in [-0.2, -0.15) is 0 Å². The molecule has 0 radical (unpaired) electrons. The minimum Gasteiger partial charge on any atom is -0.207 e. The summed E-state index contributed by atoms with van der Waals surface area (Å²) in [6.07, 6.45) is 6.34. The Bertz CT molecular complexity index is 410.